The van der Waals surface area contributed by atoms with E-state index in [0.717, 1.165) is 32.2 Å². The monoisotopic (exact) mass is 458 g/mol. The molecule has 3 rings (SSSR count). The van der Waals surface area contributed by atoms with E-state index in [1.165, 1.54) is 25.0 Å². The minimum Gasteiger partial charge on any atom is -0.494 e. The van der Waals surface area contributed by atoms with E-state index in [1.54, 1.807) is 36.4 Å². The maximum Gasteiger partial charge on any atom is 0.253 e. The number of likely N-dealkylation sites (tertiary alicyclic amines) is 1. The highest BCUT2D eigenvalue weighted by Crippen LogP contribution is 2.17. The van der Waals surface area contributed by atoms with Crippen LogP contribution >= 0.6 is 0 Å². The summed E-state index contributed by atoms with van der Waals surface area (Å²) in [5.74, 6) is 0.474. The van der Waals surface area contributed by atoms with E-state index in [4.69, 9.17) is 4.74 Å². The Kier molecular flexibility index (Phi) is 8.27. The van der Waals surface area contributed by atoms with Gasteiger partial charge in [-0.2, -0.15) is 0 Å². The Morgan fingerprint density at radius 1 is 0.938 bits per heavy atom. The van der Waals surface area contributed by atoms with Crippen molar-refractivity contribution in [1.29, 1.82) is 0 Å². The van der Waals surface area contributed by atoms with Crippen molar-refractivity contribution in [1.82, 2.24) is 4.90 Å². The molecule has 0 radical (unpaired) electrons. The van der Waals surface area contributed by atoms with Gasteiger partial charge in [0.15, 0.2) is 9.84 Å². The molecule has 2 aromatic rings. The molecular weight excluding hydrogens is 428 g/mol. The van der Waals surface area contributed by atoms with Crippen molar-refractivity contribution in [2.45, 2.75) is 43.4 Å². The normalized spacial score (nSPS) is 14.5. The van der Waals surface area contributed by atoms with Crippen LogP contribution in [0.3, 0.4) is 0 Å². The molecule has 1 N–H and O–H groups in total. The van der Waals surface area contributed by atoms with Crippen LogP contribution in [0.1, 0.15) is 48.9 Å². The summed E-state index contributed by atoms with van der Waals surface area (Å²) >= 11 is 0. The van der Waals surface area contributed by atoms with Crippen LogP contribution in [-0.4, -0.2) is 51.1 Å². The van der Waals surface area contributed by atoms with Gasteiger partial charge < -0.3 is 15.0 Å². The first-order valence-corrected chi connectivity index (χ1v) is 12.8. The standard InChI is InChI=1S/C24H30N2O5S/c1-32(29,30)22-14-12-21(13-15-22)31-18-6-7-23(27)25-20-10-8-19(9-11-20)24(28)26-16-4-2-3-5-17-26/h8-15H,2-7,16-18H2,1H3,(H,25,27). The van der Waals surface area contributed by atoms with Crippen molar-refractivity contribution < 1.29 is 22.7 Å². The Morgan fingerprint density at radius 2 is 1.56 bits per heavy atom. The van der Waals surface area contributed by atoms with Gasteiger partial charge in [0, 0.05) is 37.0 Å². The predicted molar refractivity (Wildman–Crippen MR) is 124 cm³/mol. The molecule has 0 bridgehead atoms. The third-order valence-electron chi connectivity index (χ3n) is 5.38. The number of nitrogens with zero attached hydrogens (tertiary/aromatic N) is 1. The number of benzene rings is 2. The van der Waals surface area contributed by atoms with E-state index in [0.29, 0.717) is 30.0 Å². The Bertz CT molecular complexity index is 1010. The number of amides is 2. The van der Waals surface area contributed by atoms with Crippen molar-refractivity contribution >= 4 is 27.3 Å². The molecule has 1 aliphatic rings. The maximum atomic E-state index is 12.6. The quantitative estimate of drug-likeness (QED) is 0.606. The van der Waals surface area contributed by atoms with Gasteiger partial charge in [0.1, 0.15) is 5.75 Å². The first-order chi connectivity index (χ1) is 15.3. The van der Waals surface area contributed by atoms with Gasteiger partial charge in [-0.15, -0.1) is 0 Å². The molecule has 1 saturated heterocycles. The van der Waals surface area contributed by atoms with Gasteiger partial charge in [-0.25, -0.2) is 8.42 Å². The van der Waals surface area contributed by atoms with E-state index in [2.05, 4.69) is 5.32 Å². The highest BCUT2D eigenvalue weighted by atomic mass is 32.2. The third-order valence-corrected chi connectivity index (χ3v) is 6.51. The zero-order valence-electron chi connectivity index (χ0n) is 18.4. The second-order valence-corrected chi connectivity index (χ2v) is 10.0. The maximum absolute atomic E-state index is 12.6. The van der Waals surface area contributed by atoms with Crippen LogP contribution < -0.4 is 10.1 Å². The molecule has 2 aromatic carbocycles. The fourth-order valence-electron chi connectivity index (χ4n) is 3.58. The van der Waals surface area contributed by atoms with Gasteiger partial charge in [0.2, 0.25) is 5.91 Å². The number of hydrogen-bond donors (Lipinski definition) is 1. The lowest BCUT2D eigenvalue weighted by Crippen LogP contribution is -2.31. The summed E-state index contributed by atoms with van der Waals surface area (Å²) in [4.78, 5) is 27.0. The second kappa shape index (κ2) is 11.1. The fraction of sp³-hybridized carbons (Fsp3) is 0.417. The van der Waals surface area contributed by atoms with E-state index < -0.39 is 9.84 Å². The highest BCUT2D eigenvalue weighted by Gasteiger charge is 2.17. The number of carbonyl (C=O) groups excluding carboxylic acids is 2. The molecule has 0 atom stereocenters. The zero-order valence-corrected chi connectivity index (χ0v) is 19.2. The van der Waals surface area contributed by atoms with Gasteiger partial charge in [0.25, 0.3) is 5.91 Å². The van der Waals surface area contributed by atoms with Crippen LogP contribution in [0.5, 0.6) is 5.75 Å². The predicted octanol–water partition coefficient (Wildman–Crippen LogP) is 3.90. The molecule has 0 spiro atoms. The molecule has 0 unspecified atom stereocenters. The molecule has 2 amide bonds. The highest BCUT2D eigenvalue weighted by molar-refractivity contribution is 7.90. The first kappa shape index (κ1) is 23.8. The Hall–Kier alpha value is -2.87. The van der Waals surface area contributed by atoms with E-state index in [-0.39, 0.29) is 23.1 Å². The molecule has 0 saturated carbocycles. The fourth-order valence-corrected chi connectivity index (χ4v) is 4.21. The SMILES string of the molecule is CS(=O)(=O)c1ccc(OCCCC(=O)Nc2ccc(C(=O)N3CCCCCC3)cc2)cc1. The Morgan fingerprint density at radius 3 is 2.16 bits per heavy atom. The Labute approximate surface area is 189 Å². The molecule has 172 valence electrons. The second-order valence-electron chi connectivity index (χ2n) is 8.03. The van der Waals surface area contributed by atoms with E-state index >= 15 is 0 Å². The molecule has 0 aromatic heterocycles. The lowest BCUT2D eigenvalue weighted by atomic mass is 10.1. The van der Waals surface area contributed by atoms with Crippen molar-refractivity contribution in [3.05, 3.63) is 54.1 Å². The van der Waals surface area contributed by atoms with Crippen molar-refractivity contribution in [3.63, 3.8) is 0 Å². The average molecular weight is 459 g/mol. The van der Waals surface area contributed by atoms with Crippen LogP contribution in [0.15, 0.2) is 53.4 Å². The molecular formula is C24H30N2O5S. The summed E-state index contributed by atoms with van der Waals surface area (Å²) in [6.45, 7) is 1.96. The van der Waals surface area contributed by atoms with Crippen LogP contribution in [0, 0.1) is 0 Å². The molecule has 1 heterocycles. The first-order valence-electron chi connectivity index (χ1n) is 10.9. The third kappa shape index (κ3) is 7.09. The van der Waals surface area contributed by atoms with Gasteiger partial charge in [-0.3, -0.25) is 9.59 Å². The zero-order chi connectivity index (χ0) is 23.0. The summed E-state index contributed by atoms with van der Waals surface area (Å²) in [5.41, 5.74) is 1.29. The van der Waals surface area contributed by atoms with Crippen LogP contribution in [0.25, 0.3) is 0 Å². The lowest BCUT2D eigenvalue weighted by molar-refractivity contribution is -0.116. The molecule has 1 aliphatic heterocycles. The Balaban J connectivity index is 1.40. The van der Waals surface area contributed by atoms with Gasteiger partial charge in [-0.1, -0.05) is 12.8 Å². The summed E-state index contributed by atoms with van der Waals surface area (Å²) in [7, 11) is -3.23. The van der Waals surface area contributed by atoms with Crippen LogP contribution in [0.2, 0.25) is 0 Å². The van der Waals surface area contributed by atoms with Crippen molar-refractivity contribution in [2.24, 2.45) is 0 Å². The number of carbonyl (C=O) groups is 2. The molecule has 8 heteroatoms. The number of hydrogen-bond acceptors (Lipinski definition) is 5. The minimum absolute atomic E-state index is 0.0477. The molecule has 1 fully saturated rings. The number of sulfone groups is 1. The number of ether oxygens (including phenoxy) is 1. The van der Waals surface area contributed by atoms with Gasteiger partial charge in [0.05, 0.1) is 11.5 Å². The van der Waals surface area contributed by atoms with Gasteiger partial charge >= 0.3 is 0 Å². The lowest BCUT2D eigenvalue weighted by Gasteiger charge is -2.20. The molecule has 32 heavy (non-hydrogen) atoms. The summed E-state index contributed by atoms with van der Waals surface area (Å²) < 4.78 is 28.5. The molecule has 0 aliphatic carbocycles. The van der Waals surface area contributed by atoms with E-state index in [1.807, 2.05) is 4.90 Å². The van der Waals surface area contributed by atoms with Crippen molar-refractivity contribution in [2.75, 3.05) is 31.3 Å². The van der Waals surface area contributed by atoms with Crippen molar-refractivity contribution in [3.8, 4) is 5.75 Å². The number of nitrogens with one attached hydrogen (secondary N) is 1. The average Bonchev–Trinajstić information content (AvgIpc) is 3.06. The number of anilines is 1. The summed E-state index contributed by atoms with van der Waals surface area (Å²) in [6, 6.07) is 13.2. The van der Waals surface area contributed by atoms with Crippen LogP contribution in [0.4, 0.5) is 5.69 Å². The number of rotatable bonds is 8. The smallest absolute Gasteiger partial charge is 0.253 e. The largest absolute Gasteiger partial charge is 0.494 e. The van der Waals surface area contributed by atoms with E-state index in [9.17, 15) is 18.0 Å². The summed E-state index contributed by atoms with van der Waals surface area (Å²) in [6.07, 6.45) is 6.42. The van der Waals surface area contributed by atoms with Gasteiger partial charge in [-0.05, 0) is 67.8 Å². The molecule has 7 nitrogen and oxygen atoms in total. The van der Waals surface area contributed by atoms with Crippen LogP contribution in [-0.2, 0) is 14.6 Å². The topological polar surface area (TPSA) is 92.8 Å². The summed E-state index contributed by atoms with van der Waals surface area (Å²) in [5, 5.41) is 2.83. The minimum atomic E-state index is -3.23.